The number of likely N-dealkylation sites (tertiary alicyclic amines) is 1. The number of carbonyl (C=O) groups is 1. The average molecular weight is 239 g/mol. The first-order valence-electron chi connectivity index (χ1n) is 6.96. The highest BCUT2D eigenvalue weighted by atomic mass is 16.2. The van der Waals surface area contributed by atoms with Crippen LogP contribution in [0.4, 0.5) is 0 Å². The minimum Gasteiger partial charge on any atom is -0.341 e. The number of rotatable bonds is 2. The molecule has 4 heteroatoms. The van der Waals surface area contributed by atoms with Crippen LogP contribution in [-0.4, -0.2) is 61.5 Å². The molecule has 0 aliphatic carbocycles. The molecule has 2 aliphatic heterocycles. The van der Waals surface area contributed by atoms with Crippen molar-refractivity contribution in [1.29, 1.82) is 0 Å². The Balaban J connectivity index is 1.82. The Bertz CT molecular complexity index is 249. The molecule has 2 saturated heterocycles. The van der Waals surface area contributed by atoms with Gasteiger partial charge in [0.25, 0.3) is 0 Å². The smallest absolute Gasteiger partial charge is 0.224 e. The van der Waals surface area contributed by atoms with Gasteiger partial charge in [0.1, 0.15) is 0 Å². The fourth-order valence-corrected chi connectivity index (χ4v) is 2.83. The zero-order valence-electron chi connectivity index (χ0n) is 11.0. The van der Waals surface area contributed by atoms with Crippen LogP contribution in [0.5, 0.6) is 0 Å². The van der Waals surface area contributed by atoms with Gasteiger partial charge in [-0.2, -0.15) is 0 Å². The fourth-order valence-electron chi connectivity index (χ4n) is 2.83. The lowest BCUT2D eigenvalue weighted by atomic mass is 9.99. The zero-order chi connectivity index (χ0) is 12.1. The lowest BCUT2D eigenvalue weighted by molar-refractivity contribution is -0.132. The lowest BCUT2D eigenvalue weighted by Gasteiger charge is -2.33. The standard InChI is InChI=1S/C13H25N3O/c1-15-8-3-2-5-12(15)11-13(17)16-9-4-6-14-7-10-16/h12,14H,2-11H2,1H3. The summed E-state index contributed by atoms with van der Waals surface area (Å²) in [5.74, 6) is 0.354. The summed E-state index contributed by atoms with van der Waals surface area (Å²) >= 11 is 0. The Morgan fingerprint density at radius 2 is 2.06 bits per heavy atom. The number of hydrogen-bond acceptors (Lipinski definition) is 3. The zero-order valence-corrected chi connectivity index (χ0v) is 11.0. The van der Waals surface area contributed by atoms with Crippen LogP contribution in [0.25, 0.3) is 0 Å². The molecular weight excluding hydrogens is 214 g/mol. The van der Waals surface area contributed by atoms with Gasteiger partial charge in [0.2, 0.25) is 5.91 Å². The predicted octanol–water partition coefficient (Wildman–Crippen LogP) is 0.683. The number of nitrogens with zero attached hydrogens (tertiary/aromatic N) is 2. The first-order valence-corrected chi connectivity index (χ1v) is 6.96. The van der Waals surface area contributed by atoms with Crippen molar-refractivity contribution in [2.24, 2.45) is 0 Å². The van der Waals surface area contributed by atoms with Crippen molar-refractivity contribution in [3.05, 3.63) is 0 Å². The summed E-state index contributed by atoms with van der Waals surface area (Å²) in [6.45, 7) is 4.97. The molecular formula is C13H25N3O. The summed E-state index contributed by atoms with van der Waals surface area (Å²) < 4.78 is 0. The normalized spacial score (nSPS) is 27.8. The molecule has 1 amide bonds. The Labute approximate surface area is 104 Å². The van der Waals surface area contributed by atoms with Crippen LogP contribution >= 0.6 is 0 Å². The maximum absolute atomic E-state index is 12.2. The van der Waals surface area contributed by atoms with Crippen LogP contribution < -0.4 is 5.32 Å². The summed E-state index contributed by atoms with van der Waals surface area (Å²) in [4.78, 5) is 16.6. The first-order chi connectivity index (χ1) is 8.27. The number of amides is 1. The molecule has 0 radical (unpaired) electrons. The second-order valence-corrected chi connectivity index (χ2v) is 5.32. The first kappa shape index (κ1) is 12.8. The minimum atomic E-state index is 0.354. The second kappa shape index (κ2) is 6.36. The highest BCUT2D eigenvalue weighted by Crippen LogP contribution is 2.18. The van der Waals surface area contributed by atoms with Crippen LogP contribution in [0.15, 0.2) is 0 Å². The number of nitrogens with one attached hydrogen (secondary N) is 1. The lowest BCUT2D eigenvalue weighted by Crippen LogP contribution is -2.42. The monoisotopic (exact) mass is 239 g/mol. The third-order valence-corrected chi connectivity index (χ3v) is 4.02. The summed E-state index contributed by atoms with van der Waals surface area (Å²) in [6.07, 6.45) is 5.57. The van der Waals surface area contributed by atoms with Crippen molar-refractivity contribution < 1.29 is 4.79 Å². The van der Waals surface area contributed by atoms with Crippen LogP contribution in [0.2, 0.25) is 0 Å². The van der Waals surface area contributed by atoms with Gasteiger partial charge in [0.15, 0.2) is 0 Å². The van der Waals surface area contributed by atoms with E-state index in [0.29, 0.717) is 11.9 Å². The molecule has 98 valence electrons. The fraction of sp³-hybridized carbons (Fsp3) is 0.923. The highest BCUT2D eigenvalue weighted by molar-refractivity contribution is 5.76. The van der Waals surface area contributed by atoms with E-state index in [4.69, 9.17) is 0 Å². The largest absolute Gasteiger partial charge is 0.341 e. The topological polar surface area (TPSA) is 35.6 Å². The van der Waals surface area contributed by atoms with Gasteiger partial charge in [-0.25, -0.2) is 0 Å². The van der Waals surface area contributed by atoms with Crippen LogP contribution in [0.3, 0.4) is 0 Å². The van der Waals surface area contributed by atoms with Gasteiger partial charge in [-0.15, -0.1) is 0 Å². The van der Waals surface area contributed by atoms with Crippen molar-refractivity contribution in [2.45, 2.75) is 38.1 Å². The Morgan fingerprint density at radius 3 is 2.88 bits per heavy atom. The van der Waals surface area contributed by atoms with E-state index in [1.54, 1.807) is 0 Å². The molecule has 1 unspecified atom stereocenters. The van der Waals surface area contributed by atoms with Gasteiger partial charge in [0, 0.05) is 32.1 Å². The molecule has 1 atom stereocenters. The van der Waals surface area contributed by atoms with Gasteiger partial charge in [0.05, 0.1) is 0 Å². The minimum absolute atomic E-state index is 0.354. The van der Waals surface area contributed by atoms with E-state index in [1.165, 1.54) is 19.3 Å². The average Bonchev–Trinajstić information content (AvgIpc) is 2.61. The van der Waals surface area contributed by atoms with E-state index in [1.807, 2.05) is 4.90 Å². The van der Waals surface area contributed by atoms with Gasteiger partial charge >= 0.3 is 0 Å². The van der Waals surface area contributed by atoms with Gasteiger partial charge in [-0.3, -0.25) is 4.79 Å². The van der Waals surface area contributed by atoms with E-state index in [9.17, 15) is 4.79 Å². The van der Waals surface area contributed by atoms with Gasteiger partial charge in [-0.1, -0.05) is 6.42 Å². The van der Waals surface area contributed by atoms with Crippen molar-refractivity contribution in [3.8, 4) is 0 Å². The Hall–Kier alpha value is -0.610. The van der Waals surface area contributed by atoms with E-state index in [2.05, 4.69) is 17.3 Å². The molecule has 0 saturated carbocycles. The quantitative estimate of drug-likeness (QED) is 0.770. The van der Waals surface area contributed by atoms with Gasteiger partial charge < -0.3 is 15.1 Å². The Morgan fingerprint density at radius 1 is 1.18 bits per heavy atom. The molecule has 0 aromatic heterocycles. The molecule has 2 fully saturated rings. The predicted molar refractivity (Wildman–Crippen MR) is 69.0 cm³/mol. The number of carbonyl (C=O) groups excluding carboxylic acids is 1. The van der Waals surface area contributed by atoms with Crippen molar-refractivity contribution in [3.63, 3.8) is 0 Å². The molecule has 4 nitrogen and oxygen atoms in total. The summed E-state index contributed by atoms with van der Waals surface area (Å²) in [5, 5.41) is 3.34. The second-order valence-electron chi connectivity index (χ2n) is 5.32. The third-order valence-electron chi connectivity index (χ3n) is 4.02. The number of hydrogen-bond donors (Lipinski definition) is 1. The van der Waals surface area contributed by atoms with Gasteiger partial charge in [-0.05, 0) is 39.4 Å². The molecule has 17 heavy (non-hydrogen) atoms. The maximum Gasteiger partial charge on any atom is 0.224 e. The molecule has 0 aromatic carbocycles. The molecule has 1 N–H and O–H groups in total. The van der Waals surface area contributed by atoms with Crippen molar-refractivity contribution in [1.82, 2.24) is 15.1 Å². The number of piperidine rings is 1. The molecule has 0 bridgehead atoms. The molecule has 2 heterocycles. The molecule has 2 aliphatic rings. The van der Waals surface area contributed by atoms with Crippen LogP contribution in [0.1, 0.15) is 32.1 Å². The molecule has 0 spiro atoms. The van der Waals surface area contributed by atoms with E-state index in [-0.39, 0.29) is 0 Å². The summed E-state index contributed by atoms with van der Waals surface area (Å²) in [7, 11) is 2.15. The Kier molecular flexibility index (Phi) is 4.80. The summed E-state index contributed by atoms with van der Waals surface area (Å²) in [5.41, 5.74) is 0. The van der Waals surface area contributed by atoms with E-state index >= 15 is 0 Å². The third kappa shape index (κ3) is 3.68. The maximum atomic E-state index is 12.2. The van der Waals surface area contributed by atoms with Crippen LogP contribution in [0, 0.1) is 0 Å². The highest BCUT2D eigenvalue weighted by Gasteiger charge is 2.24. The molecule has 2 rings (SSSR count). The van der Waals surface area contributed by atoms with E-state index < -0.39 is 0 Å². The van der Waals surface area contributed by atoms with E-state index in [0.717, 1.165) is 45.6 Å². The van der Waals surface area contributed by atoms with Crippen LogP contribution in [-0.2, 0) is 4.79 Å². The summed E-state index contributed by atoms with van der Waals surface area (Å²) in [6, 6.07) is 0.479. The SMILES string of the molecule is CN1CCCCC1CC(=O)N1CCCNCC1. The molecule has 0 aromatic rings. The van der Waals surface area contributed by atoms with Crippen molar-refractivity contribution in [2.75, 3.05) is 39.8 Å². The van der Waals surface area contributed by atoms with Crippen molar-refractivity contribution >= 4 is 5.91 Å².